The van der Waals surface area contributed by atoms with E-state index in [4.69, 9.17) is 26.2 Å². The van der Waals surface area contributed by atoms with Crippen molar-refractivity contribution in [3.05, 3.63) is 45.5 Å². The Kier molecular flexibility index (Phi) is 17.3. The van der Waals surface area contributed by atoms with E-state index in [9.17, 15) is 44.4 Å². The Bertz CT molecular complexity index is 1790. The van der Waals surface area contributed by atoms with Crippen LogP contribution in [0.15, 0.2) is 34.1 Å². The number of nitrogen functional groups attached to an aromatic ring is 1. The van der Waals surface area contributed by atoms with Gasteiger partial charge in [0.05, 0.1) is 0 Å². The molecular formula is C38H60N6O12P-. The molecule has 0 spiro atoms. The van der Waals surface area contributed by atoms with Crippen LogP contribution in [0.1, 0.15) is 129 Å². The van der Waals surface area contributed by atoms with Crippen molar-refractivity contribution in [3.63, 3.8) is 0 Å². The van der Waals surface area contributed by atoms with Gasteiger partial charge in [-0.3, -0.25) is 13.7 Å². The molecule has 19 heteroatoms. The van der Waals surface area contributed by atoms with Crippen LogP contribution in [0.4, 0.5) is 11.6 Å². The van der Waals surface area contributed by atoms with Gasteiger partial charge in [-0.1, -0.05) is 109 Å². The van der Waals surface area contributed by atoms with Gasteiger partial charge in [0, 0.05) is 18.9 Å². The molecule has 4 rings (SSSR count). The number of ether oxygens (including phenoxy) is 2. The highest BCUT2D eigenvalue weighted by molar-refractivity contribution is 7.44. The zero-order chi connectivity index (χ0) is 41.8. The largest absolute Gasteiger partial charge is 0.756 e. The number of terminal acetylenes is 1. The molecule has 2 fully saturated rings. The summed E-state index contributed by atoms with van der Waals surface area (Å²) in [5, 5.41) is 48.0. The van der Waals surface area contributed by atoms with Crippen molar-refractivity contribution >= 4 is 19.5 Å². The fourth-order valence-corrected chi connectivity index (χ4v) is 8.41. The fourth-order valence-electron chi connectivity index (χ4n) is 7.72. The maximum atomic E-state index is 13.2. The highest BCUT2D eigenvalue weighted by atomic mass is 31.2. The molecule has 2 aliphatic rings. The topological polar surface area (TPSA) is 277 Å². The van der Waals surface area contributed by atoms with Gasteiger partial charge in [-0.05, 0) is 25.5 Å². The van der Waals surface area contributed by atoms with E-state index in [1.54, 1.807) is 0 Å². The predicted molar refractivity (Wildman–Crippen MR) is 208 cm³/mol. The Morgan fingerprint density at radius 3 is 1.91 bits per heavy atom. The molecule has 0 amide bonds. The summed E-state index contributed by atoms with van der Waals surface area (Å²) in [6, 6.07) is 2.63. The molecule has 320 valence electrons. The summed E-state index contributed by atoms with van der Waals surface area (Å²) >= 11 is 0. The van der Waals surface area contributed by atoms with Crippen LogP contribution < -0.4 is 27.3 Å². The van der Waals surface area contributed by atoms with Crippen molar-refractivity contribution in [1.82, 2.24) is 19.1 Å². The second-order valence-corrected chi connectivity index (χ2v) is 16.4. The third kappa shape index (κ3) is 11.9. The lowest BCUT2D eigenvalue weighted by atomic mass is 9.78. The standard InChI is InChI=1S/C38H61N6O12P/c1-4-6-7-8-9-10-11-12-13-14-15-16-17-18-19-20-23-40-27-22-25-43(36(49)42-27)32-29(46)28(45)31(54-32)37(3,56-57(51,52)53)34-38(50,5-2)30(47)33(55-34)44-24-21-26(39)41-35(44)48/h2,21-22,24-25,28-34,45-47,50H,4,6-20,23H2,1,3H3,(H2,39,41,48)(H,40,42,49)(H2,51,52,53)/p-1. The molecule has 0 aromatic carbocycles. The highest BCUT2D eigenvalue weighted by Crippen LogP contribution is 2.52. The summed E-state index contributed by atoms with van der Waals surface area (Å²) in [6.07, 6.45) is 14.0. The Balaban J connectivity index is 1.32. The van der Waals surface area contributed by atoms with E-state index < -0.39 is 73.4 Å². The summed E-state index contributed by atoms with van der Waals surface area (Å²) in [4.78, 5) is 55.4. The average Bonchev–Trinajstić information content (AvgIpc) is 3.60. The van der Waals surface area contributed by atoms with Crippen molar-refractivity contribution in [2.45, 2.75) is 171 Å². The predicted octanol–water partition coefficient (Wildman–Crippen LogP) is 2.23. The monoisotopic (exact) mass is 823 g/mol. The van der Waals surface area contributed by atoms with Crippen LogP contribution in [0.3, 0.4) is 0 Å². The van der Waals surface area contributed by atoms with Gasteiger partial charge in [0.2, 0.25) is 0 Å². The summed E-state index contributed by atoms with van der Waals surface area (Å²) in [5.41, 5.74) is -2.01. The molecule has 2 saturated heterocycles. The quantitative estimate of drug-likeness (QED) is 0.0454. The number of unbranched alkanes of at least 4 members (excludes halogenated alkanes) is 15. The smallest absolute Gasteiger partial charge is 0.351 e. The van der Waals surface area contributed by atoms with Crippen molar-refractivity contribution in [1.29, 1.82) is 0 Å². The maximum Gasteiger partial charge on any atom is 0.351 e. The number of nitrogens with one attached hydrogen (secondary N) is 1. The number of aromatic nitrogens is 4. The Hall–Kier alpha value is -3.21. The molecule has 18 nitrogen and oxygen atoms in total. The zero-order valence-electron chi connectivity index (χ0n) is 32.9. The normalized spacial score (nSPS) is 28.2. The molecule has 0 saturated carbocycles. The molecule has 10 unspecified atom stereocenters. The summed E-state index contributed by atoms with van der Waals surface area (Å²) in [5.74, 6) is 1.99. The number of phosphoric ester groups is 1. The number of phosphoric acid groups is 1. The molecule has 8 N–H and O–H groups in total. The second-order valence-electron chi connectivity index (χ2n) is 15.3. The van der Waals surface area contributed by atoms with Crippen molar-refractivity contribution < 1.29 is 48.8 Å². The molecule has 0 aliphatic carbocycles. The lowest BCUT2D eigenvalue weighted by Crippen LogP contribution is -2.64. The Labute approximate surface area is 333 Å². The fraction of sp³-hybridized carbons (Fsp3) is 0.737. The minimum absolute atomic E-state index is 0.181. The van der Waals surface area contributed by atoms with Gasteiger partial charge in [0.1, 0.15) is 47.8 Å². The van der Waals surface area contributed by atoms with E-state index in [0.717, 1.165) is 37.0 Å². The van der Waals surface area contributed by atoms with Crippen molar-refractivity contribution in [2.75, 3.05) is 17.6 Å². The molecular weight excluding hydrogens is 763 g/mol. The number of rotatable bonds is 24. The minimum Gasteiger partial charge on any atom is -0.756 e. The maximum absolute atomic E-state index is 13.2. The van der Waals surface area contributed by atoms with Crippen molar-refractivity contribution in [3.8, 4) is 12.3 Å². The second kappa shape index (κ2) is 21.2. The van der Waals surface area contributed by atoms with Crippen LogP contribution in [-0.2, 0) is 18.6 Å². The molecule has 57 heavy (non-hydrogen) atoms. The Morgan fingerprint density at radius 1 is 0.895 bits per heavy atom. The first kappa shape index (κ1) is 46.5. The summed E-state index contributed by atoms with van der Waals surface area (Å²) in [7, 11) is -5.82. The first-order valence-corrected chi connectivity index (χ1v) is 21.5. The average molecular weight is 824 g/mol. The number of hydrogen-bond acceptors (Lipinski definition) is 15. The van der Waals surface area contributed by atoms with Gasteiger partial charge in [-0.25, -0.2) is 9.59 Å². The van der Waals surface area contributed by atoms with Crippen LogP contribution >= 0.6 is 7.82 Å². The lowest BCUT2D eigenvalue weighted by molar-refractivity contribution is -0.262. The van der Waals surface area contributed by atoms with Crippen LogP contribution in [0.5, 0.6) is 0 Å². The minimum atomic E-state index is -5.82. The van der Waals surface area contributed by atoms with Crippen LogP contribution in [0, 0.1) is 12.3 Å². The van der Waals surface area contributed by atoms with Gasteiger partial charge < -0.3 is 55.3 Å². The number of hydrogen-bond donors (Lipinski definition) is 7. The van der Waals surface area contributed by atoms with Gasteiger partial charge >= 0.3 is 11.4 Å². The molecule has 2 aliphatic heterocycles. The van der Waals surface area contributed by atoms with Crippen LogP contribution in [0.2, 0.25) is 0 Å². The molecule has 0 bridgehead atoms. The van der Waals surface area contributed by atoms with Crippen LogP contribution in [0.25, 0.3) is 0 Å². The van der Waals surface area contributed by atoms with Crippen LogP contribution in [-0.4, -0.2) is 92.7 Å². The zero-order valence-corrected chi connectivity index (χ0v) is 33.8. The number of nitrogens with two attached hydrogens (primary N) is 1. The first-order valence-electron chi connectivity index (χ1n) is 20.0. The van der Waals surface area contributed by atoms with Gasteiger partial charge in [-0.15, -0.1) is 6.42 Å². The van der Waals surface area contributed by atoms with E-state index >= 15 is 0 Å². The summed E-state index contributed by atoms with van der Waals surface area (Å²) in [6.45, 7) is 3.72. The molecule has 2 aromatic rings. The van der Waals surface area contributed by atoms with Gasteiger partial charge in [0.25, 0.3) is 7.82 Å². The Morgan fingerprint density at radius 2 is 1.40 bits per heavy atom. The lowest BCUT2D eigenvalue weighted by Gasteiger charge is -2.45. The van der Waals surface area contributed by atoms with E-state index in [1.165, 1.54) is 102 Å². The number of aliphatic hydroxyl groups is 4. The highest BCUT2D eigenvalue weighted by Gasteiger charge is 2.68. The number of aliphatic hydroxyl groups excluding tert-OH is 3. The molecule has 2 aromatic heterocycles. The van der Waals surface area contributed by atoms with E-state index in [2.05, 4.69) is 22.2 Å². The summed E-state index contributed by atoms with van der Waals surface area (Å²) < 4.78 is 30.4. The molecule has 4 heterocycles. The third-order valence-corrected chi connectivity index (χ3v) is 11.5. The number of nitrogens with zero attached hydrogens (tertiary/aromatic N) is 4. The van der Waals surface area contributed by atoms with E-state index in [-0.39, 0.29) is 11.6 Å². The van der Waals surface area contributed by atoms with Gasteiger partial charge in [0.15, 0.2) is 18.1 Å². The third-order valence-electron chi connectivity index (χ3n) is 10.8. The number of anilines is 2. The van der Waals surface area contributed by atoms with E-state index in [1.807, 2.05) is 5.92 Å². The molecule has 0 radical (unpaired) electrons. The SMILES string of the molecule is C#CC1(O)C(O)C(n2ccc(N)nc2=O)OC1C(C)(OP(=O)([O-])O)C1OC(n2ccc(NCCCCCCCCCCCCCCCCCC)nc2=O)C(O)C1O. The van der Waals surface area contributed by atoms with E-state index in [0.29, 0.717) is 11.1 Å². The van der Waals surface area contributed by atoms with Gasteiger partial charge in [-0.2, -0.15) is 9.97 Å². The first-order chi connectivity index (χ1) is 27.1. The molecule has 10 atom stereocenters. The van der Waals surface area contributed by atoms with Crippen molar-refractivity contribution in [2.24, 2.45) is 0 Å².